The first kappa shape index (κ1) is 17.3. The minimum absolute atomic E-state index is 0.285. The van der Waals surface area contributed by atoms with Gasteiger partial charge in [-0.3, -0.25) is 9.48 Å². The Morgan fingerprint density at radius 3 is 2.76 bits per heavy atom. The van der Waals surface area contributed by atoms with Crippen LogP contribution in [0.25, 0.3) is 0 Å². The number of carbonyl (C=O) groups excluding carboxylic acids is 1. The highest BCUT2D eigenvalue weighted by Gasteiger charge is 2.13. The lowest BCUT2D eigenvalue weighted by atomic mass is 10.2. The monoisotopic (exact) mass is 375 g/mol. The maximum absolute atomic E-state index is 12.4. The molecule has 2 aromatic carbocycles. The van der Waals surface area contributed by atoms with E-state index in [1.165, 1.54) is 7.11 Å². The topological polar surface area (TPSA) is 56.1 Å². The van der Waals surface area contributed by atoms with Gasteiger partial charge >= 0.3 is 0 Å². The summed E-state index contributed by atoms with van der Waals surface area (Å²) < 4.78 is 6.89. The van der Waals surface area contributed by atoms with Gasteiger partial charge < -0.3 is 10.1 Å². The number of rotatable bonds is 5. The van der Waals surface area contributed by atoms with E-state index in [0.29, 0.717) is 33.7 Å². The van der Waals surface area contributed by atoms with E-state index in [1.807, 2.05) is 6.07 Å². The number of methoxy groups -OCH3 is 1. The van der Waals surface area contributed by atoms with E-state index >= 15 is 0 Å². The first-order chi connectivity index (χ1) is 12.1. The lowest BCUT2D eigenvalue weighted by Crippen LogP contribution is -2.14. The molecular weight excluding hydrogens is 361 g/mol. The second-order valence-corrected chi connectivity index (χ2v) is 6.13. The molecule has 0 fully saturated rings. The number of amides is 1. The first-order valence-corrected chi connectivity index (χ1v) is 8.24. The van der Waals surface area contributed by atoms with E-state index < -0.39 is 0 Å². The highest BCUT2D eigenvalue weighted by atomic mass is 35.5. The van der Waals surface area contributed by atoms with Gasteiger partial charge in [0.15, 0.2) is 5.82 Å². The maximum Gasteiger partial charge on any atom is 0.260 e. The summed E-state index contributed by atoms with van der Waals surface area (Å²) in [6.07, 6.45) is 1.77. The number of carbonyl (C=O) groups is 1. The van der Waals surface area contributed by atoms with Crippen LogP contribution in [0.15, 0.2) is 54.7 Å². The van der Waals surface area contributed by atoms with Gasteiger partial charge in [-0.1, -0.05) is 41.4 Å². The zero-order chi connectivity index (χ0) is 17.8. The zero-order valence-corrected chi connectivity index (χ0v) is 14.9. The van der Waals surface area contributed by atoms with Crippen molar-refractivity contribution in [1.29, 1.82) is 0 Å². The summed E-state index contributed by atoms with van der Waals surface area (Å²) in [4.78, 5) is 12.4. The van der Waals surface area contributed by atoms with Crippen LogP contribution in [0.3, 0.4) is 0 Å². The molecule has 0 aliphatic carbocycles. The highest BCUT2D eigenvalue weighted by molar-refractivity contribution is 6.35. The molecule has 128 valence electrons. The molecule has 1 aromatic heterocycles. The molecule has 25 heavy (non-hydrogen) atoms. The second kappa shape index (κ2) is 7.59. The Kier molecular flexibility index (Phi) is 5.26. The highest BCUT2D eigenvalue weighted by Crippen LogP contribution is 2.22. The molecule has 3 aromatic rings. The lowest BCUT2D eigenvalue weighted by molar-refractivity contribution is 0.102. The molecule has 0 radical (unpaired) electrons. The quantitative estimate of drug-likeness (QED) is 0.714. The van der Waals surface area contributed by atoms with E-state index in [9.17, 15) is 4.79 Å². The fourth-order valence-electron chi connectivity index (χ4n) is 2.36. The van der Waals surface area contributed by atoms with E-state index in [2.05, 4.69) is 10.4 Å². The molecule has 1 N–H and O–H groups in total. The molecule has 1 heterocycles. The number of anilines is 1. The average molecular weight is 376 g/mol. The van der Waals surface area contributed by atoms with Crippen molar-refractivity contribution in [2.45, 2.75) is 6.54 Å². The summed E-state index contributed by atoms with van der Waals surface area (Å²) in [5, 5.41) is 8.25. The summed E-state index contributed by atoms with van der Waals surface area (Å²) in [7, 11) is 1.52. The number of aromatic nitrogens is 2. The van der Waals surface area contributed by atoms with E-state index in [-0.39, 0.29) is 5.91 Å². The van der Waals surface area contributed by atoms with Crippen molar-refractivity contribution < 1.29 is 9.53 Å². The van der Waals surface area contributed by atoms with Gasteiger partial charge in [-0.05, 0) is 29.8 Å². The molecular formula is C18H15Cl2N3O2. The van der Waals surface area contributed by atoms with Crippen LogP contribution in [0.4, 0.5) is 5.82 Å². The van der Waals surface area contributed by atoms with Gasteiger partial charge in [0.1, 0.15) is 5.75 Å². The summed E-state index contributed by atoms with van der Waals surface area (Å²) in [5.74, 6) is 0.667. The number of benzene rings is 2. The van der Waals surface area contributed by atoms with Crippen molar-refractivity contribution in [3.8, 4) is 5.75 Å². The van der Waals surface area contributed by atoms with Gasteiger partial charge in [0.2, 0.25) is 0 Å². The van der Waals surface area contributed by atoms with Gasteiger partial charge in [0.25, 0.3) is 5.91 Å². The number of hydrogen-bond acceptors (Lipinski definition) is 3. The van der Waals surface area contributed by atoms with Crippen LogP contribution in [-0.4, -0.2) is 22.8 Å². The van der Waals surface area contributed by atoms with Gasteiger partial charge in [0.05, 0.1) is 19.2 Å². The summed E-state index contributed by atoms with van der Waals surface area (Å²) in [5.41, 5.74) is 1.33. The normalized spacial score (nSPS) is 10.5. The van der Waals surface area contributed by atoms with Crippen molar-refractivity contribution in [3.63, 3.8) is 0 Å². The third-order valence-electron chi connectivity index (χ3n) is 3.58. The van der Waals surface area contributed by atoms with Crippen LogP contribution < -0.4 is 10.1 Å². The first-order valence-electron chi connectivity index (χ1n) is 7.48. The summed E-state index contributed by atoms with van der Waals surface area (Å²) in [6, 6.07) is 14.0. The molecule has 0 unspecified atom stereocenters. The molecule has 0 spiro atoms. The lowest BCUT2D eigenvalue weighted by Gasteiger charge is -2.07. The number of halogens is 2. The van der Waals surface area contributed by atoms with E-state index in [4.69, 9.17) is 27.9 Å². The molecule has 3 rings (SSSR count). The Bertz CT molecular complexity index is 909. The minimum Gasteiger partial charge on any atom is -0.496 e. The molecule has 5 nitrogen and oxygen atoms in total. The van der Waals surface area contributed by atoms with Crippen LogP contribution in [0.1, 0.15) is 15.9 Å². The van der Waals surface area contributed by atoms with Crippen molar-refractivity contribution in [2.75, 3.05) is 12.4 Å². The summed E-state index contributed by atoms with van der Waals surface area (Å²) in [6.45, 7) is 0.473. The third kappa shape index (κ3) is 4.13. The number of para-hydroxylation sites is 1. The largest absolute Gasteiger partial charge is 0.496 e. The molecule has 0 saturated carbocycles. The predicted molar refractivity (Wildman–Crippen MR) is 98.7 cm³/mol. The molecule has 0 bridgehead atoms. The number of nitrogens with one attached hydrogen (secondary N) is 1. The average Bonchev–Trinajstić information content (AvgIpc) is 3.04. The SMILES string of the molecule is COc1ccccc1C(=O)Nc1ccn(Cc2ccc(Cl)cc2Cl)n1. The van der Waals surface area contributed by atoms with Crippen LogP contribution in [0, 0.1) is 0 Å². The van der Waals surface area contributed by atoms with Crippen molar-refractivity contribution in [3.05, 3.63) is 75.9 Å². The van der Waals surface area contributed by atoms with Crippen LogP contribution in [-0.2, 0) is 6.54 Å². The molecule has 0 aliphatic rings. The van der Waals surface area contributed by atoms with Gasteiger partial charge in [-0.25, -0.2) is 0 Å². The minimum atomic E-state index is -0.285. The Morgan fingerprint density at radius 2 is 2.00 bits per heavy atom. The molecule has 0 saturated heterocycles. The fraction of sp³-hybridized carbons (Fsp3) is 0.111. The van der Waals surface area contributed by atoms with Crippen molar-refractivity contribution >= 4 is 34.9 Å². The predicted octanol–water partition coefficient (Wildman–Crippen LogP) is 4.50. The number of hydrogen-bond donors (Lipinski definition) is 1. The van der Waals surface area contributed by atoms with Crippen LogP contribution in [0.5, 0.6) is 5.75 Å². The molecule has 0 aliphatic heterocycles. The Morgan fingerprint density at radius 1 is 1.20 bits per heavy atom. The van der Waals surface area contributed by atoms with E-state index in [0.717, 1.165) is 5.56 Å². The van der Waals surface area contributed by atoms with Crippen LogP contribution >= 0.6 is 23.2 Å². The van der Waals surface area contributed by atoms with Crippen LogP contribution in [0.2, 0.25) is 10.0 Å². The van der Waals surface area contributed by atoms with Crippen molar-refractivity contribution in [1.82, 2.24) is 9.78 Å². The standard InChI is InChI=1S/C18H15Cl2N3O2/c1-25-16-5-3-2-4-14(16)18(24)21-17-8-9-23(22-17)11-12-6-7-13(19)10-15(12)20/h2-10H,11H2,1H3,(H,21,22,24). The second-order valence-electron chi connectivity index (χ2n) is 5.29. The Labute approximate surface area is 155 Å². The zero-order valence-electron chi connectivity index (χ0n) is 13.4. The molecule has 0 atom stereocenters. The number of ether oxygens (including phenoxy) is 1. The molecule has 1 amide bonds. The van der Waals surface area contributed by atoms with Gasteiger partial charge in [0, 0.05) is 22.3 Å². The Balaban J connectivity index is 1.72. The van der Waals surface area contributed by atoms with Gasteiger partial charge in [-0.2, -0.15) is 5.10 Å². The van der Waals surface area contributed by atoms with Crippen molar-refractivity contribution in [2.24, 2.45) is 0 Å². The molecule has 7 heteroatoms. The third-order valence-corrected chi connectivity index (χ3v) is 4.17. The maximum atomic E-state index is 12.4. The number of nitrogens with zero attached hydrogens (tertiary/aromatic N) is 2. The summed E-state index contributed by atoms with van der Waals surface area (Å²) >= 11 is 12.1. The fourth-order valence-corrected chi connectivity index (χ4v) is 2.82. The Hall–Kier alpha value is -2.50. The van der Waals surface area contributed by atoms with E-state index in [1.54, 1.807) is 53.3 Å². The van der Waals surface area contributed by atoms with Gasteiger partial charge in [-0.15, -0.1) is 0 Å². The smallest absolute Gasteiger partial charge is 0.260 e.